The van der Waals surface area contributed by atoms with Gasteiger partial charge in [-0.3, -0.25) is 14.5 Å². The highest BCUT2D eigenvalue weighted by atomic mass is 16.5. The minimum Gasteiger partial charge on any atom is -0.383 e. The van der Waals surface area contributed by atoms with Gasteiger partial charge in [0.25, 0.3) is 0 Å². The van der Waals surface area contributed by atoms with Gasteiger partial charge in [-0.1, -0.05) is 0 Å². The maximum Gasteiger partial charge on any atom is 0.241 e. The minimum atomic E-state index is -0.600. The quantitative estimate of drug-likeness (QED) is 0.641. The van der Waals surface area contributed by atoms with Crippen LogP contribution < -0.4 is 11.1 Å². The lowest BCUT2D eigenvalue weighted by molar-refractivity contribution is -0.136. The predicted octanol–water partition coefficient (Wildman–Crippen LogP) is -1.23. The number of nitrogens with two attached hydrogens (primary N) is 1. The fourth-order valence-electron chi connectivity index (χ4n) is 2.53. The van der Waals surface area contributed by atoms with Crippen molar-refractivity contribution in [2.75, 3.05) is 39.9 Å². The Morgan fingerprint density at radius 3 is 2.43 bits per heavy atom. The van der Waals surface area contributed by atoms with Gasteiger partial charge in [0, 0.05) is 39.3 Å². The van der Waals surface area contributed by atoms with E-state index in [0.29, 0.717) is 32.2 Å². The molecular weight excluding hydrogens is 272 g/mol. The maximum absolute atomic E-state index is 12.1. The third-order valence-electron chi connectivity index (χ3n) is 4.14. The molecule has 7 heteroatoms. The fourth-order valence-corrected chi connectivity index (χ4v) is 2.53. The Labute approximate surface area is 125 Å². The molecule has 1 saturated heterocycles. The predicted molar refractivity (Wildman–Crippen MR) is 78.6 cm³/mol. The molecule has 1 aliphatic heterocycles. The number of ether oxygens (including phenoxy) is 1. The van der Waals surface area contributed by atoms with Crippen molar-refractivity contribution in [1.82, 2.24) is 15.1 Å². The first-order chi connectivity index (χ1) is 10.0. The van der Waals surface area contributed by atoms with Crippen molar-refractivity contribution in [2.45, 2.75) is 37.9 Å². The van der Waals surface area contributed by atoms with Crippen molar-refractivity contribution in [2.24, 2.45) is 5.73 Å². The highest BCUT2D eigenvalue weighted by molar-refractivity contribution is 5.83. The van der Waals surface area contributed by atoms with Crippen molar-refractivity contribution in [3.63, 3.8) is 0 Å². The van der Waals surface area contributed by atoms with Crippen molar-refractivity contribution in [1.29, 1.82) is 0 Å². The van der Waals surface area contributed by atoms with Gasteiger partial charge in [0.2, 0.25) is 11.8 Å². The molecule has 0 aromatic carbocycles. The van der Waals surface area contributed by atoms with Gasteiger partial charge in [0.15, 0.2) is 0 Å². The summed E-state index contributed by atoms with van der Waals surface area (Å²) >= 11 is 0. The number of carbonyl (C=O) groups is 2. The molecule has 3 N–H and O–H groups in total. The summed E-state index contributed by atoms with van der Waals surface area (Å²) in [6.07, 6.45) is 2.19. The summed E-state index contributed by atoms with van der Waals surface area (Å²) in [5.41, 5.74) is 5.77. The van der Waals surface area contributed by atoms with Crippen LogP contribution in [0.4, 0.5) is 0 Å². The molecular formula is C14H26N4O3. The van der Waals surface area contributed by atoms with Crippen LogP contribution >= 0.6 is 0 Å². The molecule has 0 bridgehead atoms. The van der Waals surface area contributed by atoms with E-state index in [1.54, 1.807) is 4.90 Å². The van der Waals surface area contributed by atoms with Gasteiger partial charge >= 0.3 is 0 Å². The van der Waals surface area contributed by atoms with Crippen LogP contribution in [0.5, 0.6) is 0 Å². The van der Waals surface area contributed by atoms with E-state index >= 15 is 0 Å². The first-order valence-electron chi connectivity index (χ1n) is 7.60. The van der Waals surface area contributed by atoms with E-state index in [0.717, 1.165) is 12.8 Å². The van der Waals surface area contributed by atoms with Crippen LogP contribution in [-0.2, 0) is 14.3 Å². The Morgan fingerprint density at radius 1 is 1.29 bits per heavy atom. The number of hydrogen-bond acceptors (Lipinski definition) is 5. The molecule has 2 atom stereocenters. The number of nitrogens with zero attached hydrogens (tertiary/aromatic N) is 2. The highest BCUT2D eigenvalue weighted by Gasteiger charge is 2.31. The van der Waals surface area contributed by atoms with Crippen molar-refractivity contribution >= 4 is 11.8 Å². The zero-order valence-electron chi connectivity index (χ0n) is 12.9. The van der Waals surface area contributed by atoms with Crippen molar-refractivity contribution in [3.8, 4) is 0 Å². The van der Waals surface area contributed by atoms with Crippen LogP contribution in [0, 0.1) is 0 Å². The largest absolute Gasteiger partial charge is 0.383 e. The molecule has 2 aliphatic rings. The molecule has 1 heterocycles. The molecule has 0 spiro atoms. The molecule has 1 saturated carbocycles. The second-order valence-electron chi connectivity index (χ2n) is 5.88. The Bertz CT molecular complexity index is 378. The number of nitrogens with one attached hydrogen (secondary N) is 1. The van der Waals surface area contributed by atoms with Crippen LogP contribution in [-0.4, -0.2) is 79.6 Å². The van der Waals surface area contributed by atoms with E-state index in [1.165, 1.54) is 7.11 Å². The smallest absolute Gasteiger partial charge is 0.241 e. The normalized spacial score (nSPS) is 22.7. The van der Waals surface area contributed by atoms with Crippen LogP contribution in [0.1, 0.15) is 19.8 Å². The lowest BCUT2D eigenvalue weighted by atomic mass is 10.2. The number of amides is 2. The van der Waals surface area contributed by atoms with E-state index in [2.05, 4.69) is 10.2 Å². The standard InChI is InChI=1S/C14H26N4O3/c1-10(13(19)16-11-3-4-11)17-5-7-18(8-6-17)14(20)12(15)9-21-2/h10-12H,3-9,15H2,1-2H3,(H,16,19). The van der Waals surface area contributed by atoms with Crippen LogP contribution in [0.25, 0.3) is 0 Å². The number of hydrogen-bond donors (Lipinski definition) is 2. The Kier molecular flexibility index (Phi) is 5.55. The molecule has 2 unspecified atom stereocenters. The number of carbonyl (C=O) groups excluding carboxylic acids is 2. The molecule has 2 fully saturated rings. The molecule has 0 aromatic rings. The summed E-state index contributed by atoms with van der Waals surface area (Å²) < 4.78 is 4.91. The minimum absolute atomic E-state index is 0.0772. The zero-order valence-corrected chi connectivity index (χ0v) is 12.9. The van der Waals surface area contributed by atoms with E-state index in [9.17, 15) is 9.59 Å². The van der Waals surface area contributed by atoms with Crippen molar-refractivity contribution in [3.05, 3.63) is 0 Å². The molecule has 0 aromatic heterocycles. The van der Waals surface area contributed by atoms with E-state index in [4.69, 9.17) is 10.5 Å². The maximum atomic E-state index is 12.1. The number of rotatable bonds is 6. The van der Waals surface area contributed by atoms with E-state index in [1.807, 2.05) is 6.92 Å². The van der Waals surface area contributed by atoms with Crippen molar-refractivity contribution < 1.29 is 14.3 Å². The first kappa shape index (κ1) is 16.2. The van der Waals surface area contributed by atoms with E-state index in [-0.39, 0.29) is 24.5 Å². The molecule has 1 aliphatic carbocycles. The van der Waals surface area contributed by atoms with Gasteiger partial charge in [0.1, 0.15) is 6.04 Å². The second kappa shape index (κ2) is 7.20. The lowest BCUT2D eigenvalue weighted by Crippen LogP contribution is -2.57. The number of piperazine rings is 1. The molecule has 2 amide bonds. The molecule has 120 valence electrons. The second-order valence-corrected chi connectivity index (χ2v) is 5.88. The van der Waals surface area contributed by atoms with Crippen LogP contribution in [0.3, 0.4) is 0 Å². The van der Waals surface area contributed by atoms with Gasteiger partial charge < -0.3 is 20.7 Å². The average molecular weight is 298 g/mol. The third-order valence-corrected chi connectivity index (χ3v) is 4.14. The van der Waals surface area contributed by atoms with Gasteiger partial charge in [-0.2, -0.15) is 0 Å². The van der Waals surface area contributed by atoms with Crippen LogP contribution in [0.15, 0.2) is 0 Å². The Morgan fingerprint density at radius 2 is 1.90 bits per heavy atom. The lowest BCUT2D eigenvalue weighted by Gasteiger charge is -2.38. The van der Waals surface area contributed by atoms with Gasteiger partial charge in [-0.15, -0.1) is 0 Å². The van der Waals surface area contributed by atoms with Gasteiger partial charge in [-0.05, 0) is 19.8 Å². The molecule has 2 rings (SSSR count). The summed E-state index contributed by atoms with van der Waals surface area (Å²) in [6, 6.07) is -0.359. The van der Waals surface area contributed by atoms with Gasteiger partial charge in [-0.25, -0.2) is 0 Å². The third kappa shape index (κ3) is 4.39. The summed E-state index contributed by atoms with van der Waals surface area (Å²) in [7, 11) is 1.53. The Hall–Kier alpha value is -1.18. The summed E-state index contributed by atoms with van der Waals surface area (Å²) in [5, 5.41) is 3.02. The summed E-state index contributed by atoms with van der Waals surface area (Å²) in [6.45, 7) is 4.77. The molecule has 0 radical (unpaired) electrons. The zero-order chi connectivity index (χ0) is 15.4. The molecule has 7 nitrogen and oxygen atoms in total. The average Bonchev–Trinajstić information content (AvgIpc) is 3.30. The Balaban J connectivity index is 1.76. The monoisotopic (exact) mass is 298 g/mol. The molecule has 21 heavy (non-hydrogen) atoms. The van der Waals surface area contributed by atoms with Crippen LogP contribution in [0.2, 0.25) is 0 Å². The summed E-state index contributed by atoms with van der Waals surface area (Å²) in [4.78, 5) is 28.0. The highest BCUT2D eigenvalue weighted by Crippen LogP contribution is 2.19. The SMILES string of the molecule is COCC(N)C(=O)N1CCN(C(C)C(=O)NC2CC2)CC1. The van der Waals surface area contributed by atoms with E-state index < -0.39 is 6.04 Å². The first-order valence-corrected chi connectivity index (χ1v) is 7.60. The number of methoxy groups -OCH3 is 1. The van der Waals surface area contributed by atoms with Gasteiger partial charge in [0.05, 0.1) is 12.6 Å². The summed E-state index contributed by atoms with van der Waals surface area (Å²) in [5.74, 6) is 0.0138. The fraction of sp³-hybridized carbons (Fsp3) is 0.857. The topological polar surface area (TPSA) is 87.9 Å².